The van der Waals surface area contributed by atoms with Gasteiger partial charge in [-0.1, -0.05) is 6.07 Å². The first-order valence-corrected chi connectivity index (χ1v) is 9.44. The van der Waals surface area contributed by atoms with Gasteiger partial charge in [-0.3, -0.25) is 9.69 Å². The molecule has 0 unspecified atom stereocenters. The summed E-state index contributed by atoms with van der Waals surface area (Å²) >= 11 is 0. The van der Waals surface area contributed by atoms with E-state index in [-0.39, 0.29) is 17.7 Å². The molecule has 0 bridgehead atoms. The molecule has 1 N–H and O–H groups in total. The van der Waals surface area contributed by atoms with Crippen LogP contribution >= 0.6 is 0 Å². The molecule has 1 atom stereocenters. The number of furan rings is 1. The minimum Gasteiger partial charge on any atom is -0.459 e. The van der Waals surface area contributed by atoms with E-state index in [1.807, 2.05) is 11.5 Å². The smallest absolute Gasteiger partial charge is 0.287 e. The van der Waals surface area contributed by atoms with Gasteiger partial charge in [0.2, 0.25) is 0 Å². The van der Waals surface area contributed by atoms with Crippen LogP contribution in [0.25, 0.3) is 0 Å². The molecule has 1 aromatic carbocycles. The molecule has 4 rings (SSSR count). The topological polar surface area (TPSA) is 76.2 Å². The number of carbonyl (C=O) groups is 1. The summed E-state index contributed by atoms with van der Waals surface area (Å²) in [6.07, 6.45) is 2.09. The van der Waals surface area contributed by atoms with Gasteiger partial charge in [0.1, 0.15) is 17.5 Å². The van der Waals surface area contributed by atoms with Crippen molar-refractivity contribution in [3.63, 3.8) is 0 Å². The molecule has 0 spiro atoms. The second kappa shape index (κ2) is 8.12. The summed E-state index contributed by atoms with van der Waals surface area (Å²) in [6.45, 7) is 4.19. The molecule has 0 aliphatic carbocycles. The number of nitrogens with one attached hydrogen (secondary N) is 1. The maximum atomic E-state index is 14.0. The van der Waals surface area contributed by atoms with Crippen LogP contribution < -0.4 is 5.32 Å². The van der Waals surface area contributed by atoms with Crippen molar-refractivity contribution in [2.45, 2.75) is 32.5 Å². The highest BCUT2D eigenvalue weighted by Crippen LogP contribution is 2.18. The number of halogens is 2. The molecule has 1 aliphatic heterocycles. The lowest BCUT2D eigenvalue weighted by Gasteiger charge is -2.20. The lowest BCUT2D eigenvalue weighted by atomic mass is 10.2. The molecule has 0 saturated heterocycles. The zero-order valence-electron chi connectivity index (χ0n) is 15.9. The maximum absolute atomic E-state index is 14.0. The zero-order valence-corrected chi connectivity index (χ0v) is 15.9. The maximum Gasteiger partial charge on any atom is 0.287 e. The molecule has 152 valence electrons. The number of carbonyl (C=O) groups excluding carboxylic acids is 1. The summed E-state index contributed by atoms with van der Waals surface area (Å²) in [7, 11) is 0. The molecule has 7 nitrogen and oxygen atoms in total. The van der Waals surface area contributed by atoms with E-state index in [0.717, 1.165) is 11.9 Å². The fourth-order valence-corrected chi connectivity index (χ4v) is 3.50. The Labute approximate surface area is 166 Å². The van der Waals surface area contributed by atoms with Crippen LogP contribution in [0.2, 0.25) is 0 Å². The average Bonchev–Trinajstić information content (AvgIpc) is 3.32. The van der Waals surface area contributed by atoms with Gasteiger partial charge in [0, 0.05) is 44.2 Å². The molecule has 0 radical (unpaired) electrons. The Balaban J connectivity index is 1.43. The van der Waals surface area contributed by atoms with Crippen molar-refractivity contribution in [1.29, 1.82) is 0 Å². The van der Waals surface area contributed by atoms with Gasteiger partial charge in [0.15, 0.2) is 11.6 Å². The second-order valence-corrected chi connectivity index (χ2v) is 7.06. The SMILES string of the molecule is C[C@H](NC(=O)c1ccco1)c1nnc2n1CCN(Cc1ccc(F)cc1F)CC2. The normalized spacial score (nSPS) is 15.6. The van der Waals surface area contributed by atoms with Crippen LogP contribution in [0.4, 0.5) is 8.78 Å². The minimum atomic E-state index is -0.580. The lowest BCUT2D eigenvalue weighted by molar-refractivity contribution is 0.0909. The summed E-state index contributed by atoms with van der Waals surface area (Å²) in [6, 6.07) is 6.55. The second-order valence-electron chi connectivity index (χ2n) is 7.06. The van der Waals surface area contributed by atoms with Crippen LogP contribution in [-0.4, -0.2) is 38.7 Å². The van der Waals surface area contributed by atoms with E-state index in [2.05, 4.69) is 20.4 Å². The largest absolute Gasteiger partial charge is 0.459 e. The number of benzene rings is 1. The minimum absolute atomic E-state index is 0.236. The average molecular weight is 401 g/mol. The van der Waals surface area contributed by atoms with Gasteiger partial charge in [-0.15, -0.1) is 10.2 Å². The van der Waals surface area contributed by atoms with E-state index >= 15 is 0 Å². The number of fused-ring (bicyclic) bond motifs is 1. The highest BCUT2D eigenvalue weighted by atomic mass is 19.1. The number of hydrogen-bond acceptors (Lipinski definition) is 5. The Morgan fingerprint density at radius 1 is 1.24 bits per heavy atom. The van der Waals surface area contributed by atoms with Crippen molar-refractivity contribution in [3.8, 4) is 0 Å². The summed E-state index contributed by atoms with van der Waals surface area (Å²) in [5, 5.41) is 11.4. The zero-order chi connectivity index (χ0) is 20.4. The fraction of sp³-hybridized carbons (Fsp3) is 0.350. The summed E-state index contributed by atoms with van der Waals surface area (Å²) in [5.41, 5.74) is 0.461. The Kier molecular flexibility index (Phi) is 5.39. The van der Waals surface area contributed by atoms with E-state index in [4.69, 9.17) is 4.42 Å². The Morgan fingerprint density at radius 3 is 2.86 bits per heavy atom. The van der Waals surface area contributed by atoms with Crippen molar-refractivity contribution >= 4 is 5.91 Å². The molecular formula is C20H21F2N5O2. The van der Waals surface area contributed by atoms with Crippen LogP contribution in [0, 0.1) is 11.6 Å². The molecule has 1 aliphatic rings. The van der Waals surface area contributed by atoms with E-state index < -0.39 is 11.6 Å². The number of rotatable bonds is 5. The molecule has 0 fully saturated rings. The van der Waals surface area contributed by atoms with E-state index in [9.17, 15) is 13.6 Å². The molecule has 2 aromatic heterocycles. The molecular weight excluding hydrogens is 380 g/mol. The number of hydrogen-bond donors (Lipinski definition) is 1. The van der Waals surface area contributed by atoms with Gasteiger partial charge in [-0.2, -0.15) is 0 Å². The van der Waals surface area contributed by atoms with Gasteiger partial charge in [0.25, 0.3) is 5.91 Å². The van der Waals surface area contributed by atoms with Crippen molar-refractivity contribution in [1.82, 2.24) is 25.0 Å². The van der Waals surface area contributed by atoms with Crippen molar-refractivity contribution in [3.05, 3.63) is 71.2 Å². The number of amides is 1. The lowest BCUT2D eigenvalue weighted by Crippen LogP contribution is -2.30. The molecule has 3 aromatic rings. The third-order valence-corrected chi connectivity index (χ3v) is 5.04. The third-order valence-electron chi connectivity index (χ3n) is 5.04. The van der Waals surface area contributed by atoms with Gasteiger partial charge < -0.3 is 14.3 Å². The van der Waals surface area contributed by atoms with Crippen LogP contribution in [0.5, 0.6) is 0 Å². The Hall–Kier alpha value is -3.07. The highest BCUT2D eigenvalue weighted by Gasteiger charge is 2.24. The van der Waals surface area contributed by atoms with E-state index in [1.165, 1.54) is 18.4 Å². The van der Waals surface area contributed by atoms with Gasteiger partial charge in [-0.25, -0.2) is 8.78 Å². The quantitative estimate of drug-likeness (QED) is 0.712. The third kappa shape index (κ3) is 4.19. The first-order valence-electron chi connectivity index (χ1n) is 9.44. The van der Waals surface area contributed by atoms with Crippen LogP contribution in [0.3, 0.4) is 0 Å². The monoisotopic (exact) mass is 401 g/mol. The first kappa shape index (κ1) is 19.3. The van der Waals surface area contributed by atoms with Crippen molar-refractivity contribution in [2.75, 3.05) is 13.1 Å². The fourth-order valence-electron chi connectivity index (χ4n) is 3.50. The van der Waals surface area contributed by atoms with Crippen LogP contribution in [-0.2, 0) is 19.5 Å². The molecule has 0 saturated carbocycles. The summed E-state index contributed by atoms with van der Waals surface area (Å²) < 4.78 is 34.2. The molecule has 1 amide bonds. The van der Waals surface area contributed by atoms with Crippen molar-refractivity contribution < 1.29 is 18.0 Å². The predicted octanol–water partition coefficient (Wildman–Crippen LogP) is 2.70. The summed E-state index contributed by atoms with van der Waals surface area (Å²) in [5.74, 6) is 0.282. The van der Waals surface area contributed by atoms with Gasteiger partial charge >= 0.3 is 0 Å². The Morgan fingerprint density at radius 2 is 2.10 bits per heavy atom. The summed E-state index contributed by atoms with van der Waals surface area (Å²) in [4.78, 5) is 14.3. The highest BCUT2D eigenvalue weighted by molar-refractivity contribution is 5.91. The van der Waals surface area contributed by atoms with Gasteiger partial charge in [-0.05, 0) is 25.1 Å². The number of nitrogens with zero attached hydrogens (tertiary/aromatic N) is 4. The molecule has 29 heavy (non-hydrogen) atoms. The molecule has 9 heteroatoms. The van der Waals surface area contributed by atoms with Crippen molar-refractivity contribution in [2.24, 2.45) is 0 Å². The Bertz CT molecular complexity index is 1000. The van der Waals surface area contributed by atoms with Gasteiger partial charge in [0.05, 0.1) is 12.3 Å². The molecule has 3 heterocycles. The van der Waals surface area contributed by atoms with E-state index in [1.54, 1.807) is 12.1 Å². The van der Waals surface area contributed by atoms with Crippen LogP contribution in [0.1, 0.15) is 40.7 Å². The predicted molar refractivity (Wildman–Crippen MR) is 100.0 cm³/mol. The first-order chi connectivity index (χ1) is 14.0. The number of aromatic nitrogens is 3. The van der Waals surface area contributed by atoms with Crippen LogP contribution in [0.15, 0.2) is 41.0 Å². The van der Waals surface area contributed by atoms with E-state index in [0.29, 0.717) is 44.0 Å². The standard InChI is InChI=1S/C20H21F2N5O2/c1-13(23-20(28)17-3-2-10-29-17)19-25-24-18-6-7-26(8-9-27(18)19)12-14-4-5-15(21)11-16(14)22/h2-5,10-11,13H,6-9,12H2,1H3,(H,23,28)/t13-/m0/s1.